The van der Waals surface area contributed by atoms with Crippen molar-refractivity contribution in [2.75, 3.05) is 13.1 Å². The van der Waals surface area contributed by atoms with Crippen molar-refractivity contribution < 1.29 is 0 Å². The molecule has 0 bridgehead atoms. The summed E-state index contributed by atoms with van der Waals surface area (Å²) in [4.78, 5) is 2.51. The molecule has 0 saturated carbocycles. The second-order valence-electron chi connectivity index (χ2n) is 5.57. The van der Waals surface area contributed by atoms with Gasteiger partial charge in [0.2, 0.25) is 0 Å². The molecule has 0 radical (unpaired) electrons. The van der Waals surface area contributed by atoms with E-state index in [4.69, 9.17) is 17.3 Å². The summed E-state index contributed by atoms with van der Waals surface area (Å²) in [7, 11) is 0. The minimum atomic E-state index is 0.314. The van der Waals surface area contributed by atoms with Crippen molar-refractivity contribution in [1.29, 1.82) is 0 Å². The van der Waals surface area contributed by atoms with Crippen LogP contribution >= 0.6 is 27.5 Å². The summed E-state index contributed by atoms with van der Waals surface area (Å²) >= 11 is 9.80. The fraction of sp³-hybridized carbons (Fsp3) is 0.600. The number of nitrogens with zero attached hydrogens (tertiary/aromatic N) is 1. The van der Waals surface area contributed by atoms with Crippen molar-refractivity contribution in [3.8, 4) is 0 Å². The average molecular weight is 346 g/mol. The van der Waals surface area contributed by atoms with Crippen LogP contribution in [-0.2, 0) is 0 Å². The van der Waals surface area contributed by atoms with Crippen LogP contribution in [0.15, 0.2) is 22.7 Å². The summed E-state index contributed by atoms with van der Waals surface area (Å²) in [5.41, 5.74) is 7.21. The molecule has 1 fully saturated rings. The minimum absolute atomic E-state index is 0.314. The molecule has 0 spiro atoms. The van der Waals surface area contributed by atoms with Crippen LogP contribution in [0.4, 0.5) is 0 Å². The van der Waals surface area contributed by atoms with Gasteiger partial charge in [0, 0.05) is 21.6 Å². The first kappa shape index (κ1) is 15.3. The molecule has 19 heavy (non-hydrogen) atoms. The highest BCUT2D eigenvalue weighted by atomic mass is 79.9. The Labute approximate surface area is 129 Å². The molecule has 1 heterocycles. The van der Waals surface area contributed by atoms with E-state index in [1.54, 1.807) is 0 Å². The van der Waals surface area contributed by atoms with E-state index in [9.17, 15) is 0 Å². The SMILES string of the molecule is CC(N)C1CCN(C(C)c2ccc(Br)cc2Cl)CC1. The molecule has 1 aliphatic rings. The third kappa shape index (κ3) is 3.72. The molecule has 2 unspecified atom stereocenters. The van der Waals surface area contributed by atoms with E-state index in [-0.39, 0.29) is 0 Å². The lowest BCUT2D eigenvalue weighted by molar-refractivity contribution is 0.132. The second-order valence-corrected chi connectivity index (χ2v) is 6.90. The molecular weight excluding hydrogens is 324 g/mol. The Hall–Kier alpha value is -0.0900. The van der Waals surface area contributed by atoms with Gasteiger partial charge in [-0.2, -0.15) is 0 Å². The van der Waals surface area contributed by atoms with Crippen LogP contribution in [0.3, 0.4) is 0 Å². The van der Waals surface area contributed by atoms with E-state index in [0.717, 1.165) is 22.6 Å². The first-order chi connectivity index (χ1) is 8.99. The zero-order chi connectivity index (χ0) is 14.0. The van der Waals surface area contributed by atoms with Gasteiger partial charge in [-0.05, 0) is 63.4 Å². The second kappa shape index (κ2) is 6.57. The highest BCUT2D eigenvalue weighted by Gasteiger charge is 2.26. The van der Waals surface area contributed by atoms with Gasteiger partial charge in [0.15, 0.2) is 0 Å². The van der Waals surface area contributed by atoms with Gasteiger partial charge < -0.3 is 5.73 Å². The number of halogens is 2. The van der Waals surface area contributed by atoms with Crippen molar-refractivity contribution in [1.82, 2.24) is 4.90 Å². The van der Waals surface area contributed by atoms with E-state index in [1.807, 2.05) is 6.07 Å². The lowest BCUT2D eigenvalue weighted by Gasteiger charge is -2.37. The summed E-state index contributed by atoms with van der Waals surface area (Å²) in [6, 6.07) is 6.84. The topological polar surface area (TPSA) is 29.3 Å². The van der Waals surface area contributed by atoms with Gasteiger partial charge in [-0.1, -0.05) is 33.6 Å². The molecule has 1 aromatic rings. The Morgan fingerprint density at radius 3 is 2.47 bits per heavy atom. The maximum Gasteiger partial charge on any atom is 0.0464 e. The zero-order valence-corrected chi connectivity index (χ0v) is 13.9. The van der Waals surface area contributed by atoms with Crippen LogP contribution in [0.1, 0.15) is 38.3 Å². The van der Waals surface area contributed by atoms with Crippen LogP contribution in [0.25, 0.3) is 0 Å². The fourth-order valence-electron chi connectivity index (χ4n) is 2.87. The van der Waals surface area contributed by atoms with E-state index in [2.05, 4.69) is 46.8 Å². The molecule has 2 nitrogen and oxygen atoms in total. The molecule has 0 amide bonds. The standard InChI is InChI=1S/C15H22BrClN2/c1-10(18)12-5-7-19(8-6-12)11(2)14-4-3-13(16)9-15(14)17/h3-4,9-12H,5-8,18H2,1-2H3. The molecule has 4 heteroatoms. The Morgan fingerprint density at radius 2 is 1.95 bits per heavy atom. The minimum Gasteiger partial charge on any atom is -0.328 e. The van der Waals surface area contributed by atoms with Gasteiger partial charge in [-0.15, -0.1) is 0 Å². The number of benzene rings is 1. The Kier molecular flexibility index (Phi) is 5.29. The maximum atomic E-state index is 6.35. The van der Waals surface area contributed by atoms with Crippen LogP contribution in [-0.4, -0.2) is 24.0 Å². The lowest BCUT2D eigenvalue weighted by atomic mass is 9.90. The summed E-state index contributed by atoms with van der Waals surface area (Å²) in [5, 5.41) is 0.844. The van der Waals surface area contributed by atoms with Crippen molar-refractivity contribution in [3.05, 3.63) is 33.3 Å². The van der Waals surface area contributed by atoms with Gasteiger partial charge in [0.1, 0.15) is 0 Å². The van der Waals surface area contributed by atoms with Crippen LogP contribution < -0.4 is 5.73 Å². The number of rotatable bonds is 3. The first-order valence-corrected chi connectivity index (χ1v) is 8.10. The third-order valence-electron chi connectivity index (χ3n) is 4.28. The lowest BCUT2D eigenvalue weighted by Crippen LogP contribution is -2.40. The molecular formula is C15H22BrClN2. The molecule has 1 aliphatic heterocycles. The number of likely N-dealkylation sites (tertiary alicyclic amines) is 1. The predicted molar refractivity (Wildman–Crippen MR) is 85.5 cm³/mol. The molecule has 106 valence electrons. The normalized spacial score (nSPS) is 21.3. The fourth-order valence-corrected chi connectivity index (χ4v) is 3.70. The molecule has 2 atom stereocenters. The Balaban J connectivity index is 2.03. The van der Waals surface area contributed by atoms with Gasteiger partial charge in [-0.25, -0.2) is 0 Å². The molecule has 2 N–H and O–H groups in total. The largest absolute Gasteiger partial charge is 0.328 e. The number of hydrogen-bond acceptors (Lipinski definition) is 2. The number of piperidine rings is 1. The van der Waals surface area contributed by atoms with Crippen molar-refractivity contribution in [2.24, 2.45) is 11.7 Å². The van der Waals surface area contributed by atoms with E-state index in [0.29, 0.717) is 18.0 Å². The summed E-state index contributed by atoms with van der Waals surface area (Å²) in [5.74, 6) is 0.670. The quantitative estimate of drug-likeness (QED) is 0.888. The van der Waals surface area contributed by atoms with Crippen molar-refractivity contribution in [3.63, 3.8) is 0 Å². The smallest absolute Gasteiger partial charge is 0.0464 e. The maximum absolute atomic E-state index is 6.35. The molecule has 2 rings (SSSR count). The summed E-state index contributed by atoms with van der Waals surface area (Å²) in [6.07, 6.45) is 2.38. The highest BCUT2D eigenvalue weighted by molar-refractivity contribution is 9.10. The highest BCUT2D eigenvalue weighted by Crippen LogP contribution is 2.32. The van der Waals surface area contributed by atoms with E-state index >= 15 is 0 Å². The molecule has 0 aliphatic carbocycles. The summed E-state index contributed by atoms with van der Waals surface area (Å²) < 4.78 is 1.03. The average Bonchev–Trinajstić information content (AvgIpc) is 2.38. The van der Waals surface area contributed by atoms with Gasteiger partial charge >= 0.3 is 0 Å². The van der Waals surface area contributed by atoms with Crippen LogP contribution in [0.5, 0.6) is 0 Å². The molecule has 1 aromatic carbocycles. The first-order valence-electron chi connectivity index (χ1n) is 6.93. The van der Waals surface area contributed by atoms with E-state index < -0.39 is 0 Å². The van der Waals surface area contributed by atoms with Crippen LogP contribution in [0, 0.1) is 5.92 Å². The zero-order valence-electron chi connectivity index (χ0n) is 11.6. The summed E-state index contributed by atoms with van der Waals surface area (Å²) in [6.45, 7) is 6.58. The Bertz CT molecular complexity index is 428. The predicted octanol–water partition coefficient (Wildman–Crippen LogP) is 4.22. The number of nitrogens with two attached hydrogens (primary N) is 1. The van der Waals surface area contributed by atoms with E-state index in [1.165, 1.54) is 18.4 Å². The third-order valence-corrected chi connectivity index (χ3v) is 5.10. The monoisotopic (exact) mass is 344 g/mol. The Morgan fingerprint density at radius 1 is 1.32 bits per heavy atom. The van der Waals surface area contributed by atoms with Gasteiger partial charge in [0.05, 0.1) is 0 Å². The van der Waals surface area contributed by atoms with Crippen molar-refractivity contribution in [2.45, 2.75) is 38.8 Å². The van der Waals surface area contributed by atoms with Crippen molar-refractivity contribution >= 4 is 27.5 Å². The van der Waals surface area contributed by atoms with Gasteiger partial charge in [-0.3, -0.25) is 4.90 Å². The molecule has 0 aromatic heterocycles. The molecule has 1 saturated heterocycles. The number of hydrogen-bond donors (Lipinski definition) is 1. The van der Waals surface area contributed by atoms with Crippen LogP contribution in [0.2, 0.25) is 5.02 Å². The van der Waals surface area contributed by atoms with Gasteiger partial charge in [0.25, 0.3) is 0 Å².